The van der Waals surface area contributed by atoms with E-state index >= 15 is 0 Å². The highest BCUT2D eigenvalue weighted by molar-refractivity contribution is 5.89. The van der Waals surface area contributed by atoms with Crippen LogP contribution in [-0.2, 0) is 14.3 Å². The summed E-state index contributed by atoms with van der Waals surface area (Å²) in [6, 6.07) is 9.36. The molecule has 2 heterocycles. The van der Waals surface area contributed by atoms with Crippen molar-refractivity contribution in [1.82, 2.24) is 4.90 Å². The molecule has 0 amide bonds. The van der Waals surface area contributed by atoms with Crippen molar-refractivity contribution in [3.8, 4) is 0 Å². The van der Waals surface area contributed by atoms with Crippen molar-refractivity contribution in [2.75, 3.05) is 14.2 Å². The van der Waals surface area contributed by atoms with Crippen molar-refractivity contribution < 1.29 is 19.1 Å². The predicted octanol–water partition coefficient (Wildman–Crippen LogP) is 2.29. The fraction of sp³-hybridized carbons (Fsp3) is 0.529. The van der Waals surface area contributed by atoms with Crippen LogP contribution in [0.1, 0.15) is 29.6 Å². The molecule has 5 nitrogen and oxygen atoms in total. The fourth-order valence-corrected chi connectivity index (χ4v) is 3.77. The lowest BCUT2D eigenvalue weighted by Crippen LogP contribution is -2.53. The highest BCUT2D eigenvalue weighted by Gasteiger charge is 2.50. The number of esters is 2. The molecule has 2 saturated heterocycles. The lowest BCUT2D eigenvalue weighted by atomic mass is 9.87. The Bertz CT molecular complexity index is 565. The summed E-state index contributed by atoms with van der Waals surface area (Å²) in [7, 11) is 3.42. The predicted molar refractivity (Wildman–Crippen MR) is 87.6 cm³/mol. The van der Waals surface area contributed by atoms with Gasteiger partial charge in [-0.15, -0.1) is 12.4 Å². The minimum absolute atomic E-state index is 0. The van der Waals surface area contributed by atoms with E-state index in [2.05, 4.69) is 4.90 Å². The highest BCUT2D eigenvalue weighted by Crippen LogP contribution is 2.40. The number of nitrogens with zero attached hydrogens (tertiary/aromatic N) is 1. The molecular weight excluding hydrogens is 318 g/mol. The average molecular weight is 340 g/mol. The number of halogens is 1. The van der Waals surface area contributed by atoms with Crippen LogP contribution >= 0.6 is 12.4 Å². The van der Waals surface area contributed by atoms with Gasteiger partial charge in [0, 0.05) is 18.5 Å². The second-order valence-corrected chi connectivity index (χ2v) is 6.06. The highest BCUT2D eigenvalue weighted by atomic mass is 35.5. The Morgan fingerprint density at radius 2 is 1.87 bits per heavy atom. The molecule has 2 aliphatic rings. The molecule has 0 spiro atoms. The first-order valence-corrected chi connectivity index (χ1v) is 7.67. The first-order valence-electron chi connectivity index (χ1n) is 7.67. The summed E-state index contributed by atoms with van der Waals surface area (Å²) in [6.07, 6.45) is 2.26. The third-order valence-corrected chi connectivity index (χ3v) is 4.96. The molecule has 4 atom stereocenters. The lowest BCUT2D eigenvalue weighted by molar-refractivity contribution is -0.156. The van der Waals surface area contributed by atoms with E-state index in [0.29, 0.717) is 18.0 Å². The zero-order valence-corrected chi connectivity index (χ0v) is 14.1. The first kappa shape index (κ1) is 17.8. The molecule has 0 radical (unpaired) electrons. The summed E-state index contributed by atoms with van der Waals surface area (Å²) in [6.45, 7) is 0. The van der Waals surface area contributed by atoms with Gasteiger partial charge in [0.2, 0.25) is 0 Å². The van der Waals surface area contributed by atoms with Crippen molar-refractivity contribution in [2.24, 2.45) is 5.92 Å². The number of ether oxygens (including phenoxy) is 2. The van der Waals surface area contributed by atoms with Gasteiger partial charge in [0.25, 0.3) is 0 Å². The zero-order chi connectivity index (χ0) is 15.7. The minimum atomic E-state index is -0.408. The summed E-state index contributed by atoms with van der Waals surface area (Å²) in [4.78, 5) is 26.7. The maximum Gasteiger partial charge on any atom is 0.338 e. The largest absolute Gasteiger partial charge is 0.469 e. The number of fused-ring (bicyclic) bond motifs is 2. The van der Waals surface area contributed by atoms with Crippen molar-refractivity contribution >= 4 is 24.3 Å². The van der Waals surface area contributed by atoms with E-state index in [-0.39, 0.29) is 30.4 Å². The molecule has 0 aliphatic carbocycles. The van der Waals surface area contributed by atoms with Gasteiger partial charge < -0.3 is 9.47 Å². The number of hydrogen-bond donors (Lipinski definition) is 0. The SMILES string of the molecule is COC(=O)[C@@H]1[C@H]2CC[C@@H](C[C@H]1OC(=O)c1ccccc1)N2C.Cl. The molecule has 6 heteroatoms. The Hall–Kier alpha value is -1.59. The maximum absolute atomic E-state index is 12.3. The van der Waals surface area contributed by atoms with Crippen molar-refractivity contribution in [3.63, 3.8) is 0 Å². The van der Waals surface area contributed by atoms with Crippen LogP contribution in [-0.4, -0.2) is 49.2 Å². The van der Waals surface area contributed by atoms with E-state index in [4.69, 9.17) is 9.47 Å². The fourth-order valence-electron chi connectivity index (χ4n) is 3.77. The Kier molecular flexibility index (Phi) is 5.65. The van der Waals surface area contributed by atoms with Gasteiger partial charge in [-0.05, 0) is 32.0 Å². The Labute approximate surface area is 142 Å². The Morgan fingerprint density at radius 3 is 2.52 bits per heavy atom. The first-order chi connectivity index (χ1) is 10.6. The Balaban J connectivity index is 0.00000192. The molecule has 2 fully saturated rings. The molecule has 0 saturated carbocycles. The topological polar surface area (TPSA) is 55.8 Å². The molecule has 0 aromatic heterocycles. The van der Waals surface area contributed by atoms with Gasteiger partial charge in [0.05, 0.1) is 12.7 Å². The molecular formula is C17H22ClNO4. The van der Waals surface area contributed by atoms with Gasteiger partial charge in [-0.25, -0.2) is 4.79 Å². The quantitative estimate of drug-likeness (QED) is 0.791. The van der Waals surface area contributed by atoms with Gasteiger partial charge >= 0.3 is 11.9 Å². The molecule has 2 aliphatic heterocycles. The average Bonchev–Trinajstić information content (AvgIpc) is 2.78. The second-order valence-electron chi connectivity index (χ2n) is 6.06. The summed E-state index contributed by atoms with van der Waals surface area (Å²) in [5.41, 5.74) is 0.511. The Morgan fingerprint density at radius 1 is 1.17 bits per heavy atom. The van der Waals surface area contributed by atoms with Crippen molar-refractivity contribution in [3.05, 3.63) is 35.9 Å². The number of hydrogen-bond acceptors (Lipinski definition) is 5. The third-order valence-electron chi connectivity index (χ3n) is 4.96. The normalized spacial score (nSPS) is 29.5. The van der Waals surface area contributed by atoms with Crippen molar-refractivity contribution in [2.45, 2.75) is 37.5 Å². The smallest absolute Gasteiger partial charge is 0.338 e. The van der Waals surface area contributed by atoms with Crippen LogP contribution in [0, 0.1) is 5.92 Å². The summed E-state index contributed by atoms with van der Waals surface area (Å²) >= 11 is 0. The van der Waals surface area contributed by atoms with Crippen molar-refractivity contribution in [1.29, 1.82) is 0 Å². The summed E-state index contributed by atoms with van der Waals surface area (Å²) in [5.74, 6) is -1.06. The van der Waals surface area contributed by atoms with E-state index in [0.717, 1.165) is 12.8 Å². The molecule has 0 N–H and O–H groups in total. The second kappa shape index (κ2) is 7.32. The van der Waals surface area contributed by atoms with Crippen LogP contribution in [0.3, 0.4) is 0 Å². The summed E-state index contributed by atoms with van der Waals surface area (Å²) < 4.78 is 10.6. The van der Waals surface area contributed by atoms with E-state index in [1.54, 1.807) is 24.3 Å². The van der Waals surface area contributed by atoms with Crippen LogP contribution in [0.15, 0.2) is 30.3 Å². The monoisotopic (exact) mass is 339 g/mol. The van der Waals surface area contributed by atoms with Gasteiger partial charge in [-0.3, -0.25) is 9.69 Å². The van der Waals surface area contributed by atoms with Crippen LogP contribution in [0.2, 0.25) is 0 Å². The van der Waals surface area contributed by atoms with Gasteiger partial charge in [0.1, 0.15) is 12.0 Å². The minimum Gasteiger partial charge on any atom is -0.469 e. The van der Waals surface area contributed by atoms with Crippen LogP contribution in [0.25, 0.3) is 0 Å². The van der Waals surface area contributed by atoms with E-state index in [9.17, 15) is 9.59 Å². The standard InChI is InChI=1S/C17H21NO4.ClH/c1-18-12-8-9-13(18)15(17(20)21-2)14(10-12)22-16(19)11-6-4-3-5-7-11;/h3-7,12-15H,8-10H2,1-2H3;1H/t12-,13+,14+,15+;/m0./s1. The number of benzene rings is 1. The molecule has 23 heavy (non-hydrogen) atoms. The third kappa shape index (κ3) is 3.35. The van der Waals surface area contributed by atoms with E-state index in [1.807, 2.05) is 13.1 Å². The van der Waals surface area contributed by atoms with E-state index in [1.165, 1.54) is 7.11 Å². The lowest BCUT2D eigenvalue weighted by Gasteiger charge is -2.40. The molecule has 2 bridgehead atoms. The van der Waals surface area contributed by atoms with Crippen LogP contribution in [0.4, 0.5) is 0 Å². The number of methoxy groups -OCH3 is 1. The van der Waals surface area contributed by atoms with Crippen LogP contribution in [0.5, 0.6) is 0 Å². The number of piperidine rings is 1. The molecule has 1 aromatic carbocycles. The zero-order valence-electron chi connectivity index (χ0n) is 13.3. The van der Waals surface area contributed by atoms with Gasteiger partial charge in [0.15, 0.2) is 0 Å². The molecule has 1 aromatic rings. The number of carbonyl (C=O) groups is 2. The maximum atomic E-state index is 12.3. The van der Waals surface area contributed by atoms with Crippen LogP contribution < -0.4 is 0 Å². The molecule has 126 valence electrons. The number of carbonyl (C=O) groups excluding carboxylic acids is 2. The van der Waals surface area contributed by atoms with E-state index < -0.39 is 12.0 Å². The summed E-state index contributed by atoms with van der Waals surface area (Å²) in [5, 5.41) is 0. The molecule has 0 unspecified atom stereocenters. The van der Waals surface area contributed by atoms with Gasteiger partial charge in [-0.2, -0.15) is 0 Å². The molecule has 3 rings (SSSR count). The van der Waals surface area contributed by atoms with Gasteiger partial charge in [-0.1, -0.05) is 18.2 Å². The number of rotatable bonds is 3.